The summed E-state index contributed by atoms with van der Waals surface area (Å²) in [6.07, 6.45) is 1.11. The topological polar surface area (TPSA) is 35.6 Å². The van der Waals surface area contributed by atoms with E-state index in [-0.39, 0.29) is 17.6 Å². The van der Waals surface area contributed by atoms with Gasteiger partial charge in [-0.05, 0) is 38.2 Å². The van der Waals surface area contributed by atoms with E-state index in [0.29, 0.717) is 18.6 Å². The van der Waals surface area contributed by atoms with E-state index in [1.54, 1.807) is 12.1 Å². The van der Waals surface area contributed by atoms with E-state index in [2.05, 4.69) is 5.32 Å². The number of fused-ring (bicyclic) bond motifs is 2. The third kappa shape index (κ3) is 2.80. The first-order valence-electron chi connectivity index (χ1n) is 7.49. The van der Waals surface area contributed by atoms with Crippen molar-refractivity contribution >= 4 is 5.91 Å². The van der Waals surface area contributed by atoms with Crippen molar-refractivity contribution in [1.29, 1.82) is 0 Å². The Morgan fingerprint density at radius 2 is 1.95 bits per heavy atom. The lowest BCUT2D eigenvalue weighted by Crippen LogP contribution is -2.70. The Balaban J connectivity index is 1.81. The summed E-state index contributed by atoms with van der Waals surface area (Å²) in [5.74, 6) is -0.304. The van der Waals surface area contributed by atoms with Gasteiger partial charge in [-0.25, -0.2) is 4.39 Å². The Morgan fingerprint density at radius 3 is 2.48 bits per heavy atom. The molecule has 0 aromatic heterocycles. The highest BCUT2D eigenvalue weighted by atomic mass is 19.1. The molecule has 0 spiro atoms. The van der Waals surface area contributed by atoms with Crippen molar-refractivity contribution in [1.82, 2.24) is 15.1 Å². The molecule has 1 aromatic carbocycles. The van der Waals surface area contributed by atoms with Gasteiger partial charge in [-0.15, -0.1) is 0 Å². The van der Waals surface area contributed by atoms with Gasteiger partial charge in [-0.1, -0.05) is 12.1 Å². The minimum Gasteiger partial charge on any atom is -0.333 e. The quantitative estimate of drug-likeness (QED) is 0.900. The monoisotopic (exact) mass is 291 g/mol. The molecule has 2 aliphatic rings. The number of carbonyl (C=O) groups excluding carboxylic acids is 1. The molecule has 4 nitrogen and oxygen atoms in total. The molecule has 2 fully saturated rings. The Morgan fingerprint density at radius 1 is 1.33 bits per heavy atom. The van der Waals surface area contributed by atoms with Crippen LogP contribution in [-0.2, 0) is 4.79 Å². The Hall–Kier alpha value is -1.46. The molecular weight excluding hydrogens is 269 g/mol. The largest absolute Gasteiger partial charge is 0.333 e. The van der Waals surface area contributed by atoms with Gasteiger partial charge in [0.2, 0.25) is 5.91 Å². The third-order valence-electron chi connectivity index (χ3n) is 4.46. The summed E-state index contributed by atoms with van der Waals surface area (Å²) in [7, 11) is 3.92. The summed E-state index contributed by atoms with van der Waals surface area (Å²) < 4.78 is 13.1. The van der Waals surface area contributed by atoms with Gasteiger partial charge in [0, 0.05) is 31.7 Å². The number of carbonyl (C=O) groups is 1. The van der Waals surface area contributed by atoms with Crippen LogP contribution in [0.15, 0.2) is 24.3 Å². The second-order valence-electron chi connectivity index (χ2n) is 6.31. The fourth-order valence-corrected chi connectivity index (χ4v) is 3.41. The van der Waals surface area contributed by atoms with E-state index in [0.717, 1.165) is 25.1 Å². The fraction of sp³-hybridized carbons (Fsp3) is 0.562. The van der Waals surface area contributed by atoms with Gasteiger partial charge in [0.05, 0.1) is 5.92 Å². The van der Waals surface area contributed by atoms with Crippen LogP contribution in [0.4, 0.5) is 4.39 Å². The van der Waals surface area contributed by atoms with Crippen LogP contribution in [-0.4, -0.2) is 61.5 Å². The van der Waals surface area contributed by atoms with Gasteiger partial charge in [0.15, 0.2) is 0 Å². The van der Waals surface area contributed by atoms with E-state index in [4.69, 9.17) is 0 Å². The van der Waals surface area contributed by atoms with Crippen LogP contribution in [0.3, 0.4) is 0 Å². The van der Waals surface area contributed by atoms with Crippen LogP contribution in [0.25, 0.3) is 0 Å². The maximum Gasteiger partial charge on any atom is 0.232 e. The van der Waals surface area contributed by atoms with Gasteiger partial charge >= 0.3 is 0 Å². The minimum atomic E-state index is -0.264. The second-order valence-corrected chi connectivity index (χ2v) is 6.31. The molecule has 3 atom stereocenters. The lowest BCUT2D eigenvalue weighted by atomic mass is 9.85. The van der Waals surface area contributed by atoms with Crippen molar-refractivity contribution in [2.24, 2.45) is 0 Å². The zero-order valence-corrected chi connectivity index (χ0v) is 12.6. The number of rotatable bonds is 4. The molecule has 2 aliphatic heterocycles. The highest BCUT2D eigenvalue weighted by Gasteiger charge is 2.46. The zero-order valence-electron chi connectivity index (χ0n) is 12.6. The Bertz CT molecular complexity index is 503. The molecule has 1 amide bonds. The smallest absolute Gasteiger partial charge is 0.232 e. The van der Waals surface area contributed by atoms with Crippen LogP contribution in [0.5, 0.6) is 0 Å². The summed E-state index contributed by atoms with van der Waals surface area (Å²) >= 11 is 0. The number of nitrogens with one attached hydrogen (secondary N) is 1. The molecule has 114 valence electrons. The number of benzene rings is 1. The molecule has 2 saturated heterocycles. The molecule has 2 bridgehead atoms. The first kappa shape index (κ1) is 14.5. The summed E-state index contributed by atoms with van der Waals surface area (Å²) in [4.78, 5) is 17.0. The molecular formula is C16H22FN3O. The number of nitrogens with zero attached hydrogens (tertiary/aromatic N) is 2. The van der Waals surface area contributed by atoms with E-state index in [9.17, 15) is 9.18 Å². The molecule has 1 N–H and O–H groups in total. The lowest BCUT2D eigenvalue weighted by molar-refractivity contribution is -0.149. The van der Waals surface area contributed by atoms with Gasteiger partial charge in [0.1, 0.15) is 5.82 Å². The molecule has 5 heteroatoms. The van der Waals surface area contributed by atoms with Crippen LogP contribution in [0, 0.1) is 5.82 Å². The minimum absolute atomic E-state index is 0.179. The van der Waals surface area contributed by atoms with E-state index in [1.165, 1.54) is 12.1 Å². The standard InChI is InChI=1S/C16H22FN3O/c1-19(2)10-15(11-3-5-12(17)6-4-11)16(21)20-13-7-14(20)9-18-8-13/h3-6,13-15,18H,7-10H2,1-2H3. The van der Waals surface area contributed by atoms with Crippen molar-refractivity contribution in [3.05, 3.63) is 35.6 Å². The molecule has 2 heterocycles. The normalized spacial score (nSPS) is 25.6. The number of piperidine rings is 1. The number of hydrogen-bond acceptors (Lipinski definition) is 3. The van der Waals surface area contributed by atoms with Crippen LogP contribution in [0.1, 0.15) is 17.9 Å². The van der Waals surface area contributed by atoms with E-state index >= 15 is 0 Å². The molecule has 3 rings (SSSR count). The maximum atomic E-state index is 13.1. The van der Waals surface area contributed by atoms with Gasteiger partial charge in [0.25, 0.3) is 0 Å². The van der Waals surface area contributed by atoms with Gasteiger partial charge in [-0.3, -0.25) is 4.79 Å². The van der Waals surface area contributed by atoms with Crippen molar-refractivity contribution < 1.29 is 9.18 Å². The third-order valence-corrected chi connectivity index (χ3v) is 4.46. The second kappa shape index (κ2) is 5.73. The maximum absolute atomic E-state index is 13.1. The summed E-state index contributed by atoms with van der Waals surface area (Å²) in [5.41, 5.74) is 0.896. The number of likely N-dealkylation sites (N-methyl/N-ethyl adjacent to an activating group) is 1. The first-order chi connectivity index (χ1) is 10.1. The number of piperazine rings is 1. The molecule has 3 unspecified atom stereocenters. The molecule has 21 heavy (non-hydrogen) atoms. The van der Waals surface area contributed by atoms with Crippen LogP contribution in [0.2, 0.25) is 0 Å². The zero-order chi connectivity index (χ0) is 15.0. The average molecular weight is 291 g/mol. The summed E-state index contributed by atoms with van der Waals surface area (Å²) in [6, 6.07) is 7.00. The van der Waals surface area contributed by atoms with E-state index < -0.39 is 0 Å². The molecule has 0 radical (unpaired) electrons. The lowest BCUT2D eigenvalue weighted by Gasteiger charge is -2.54. The molecule has 0 saturated carbocycles. The van der Waals surface area contributed by atoms with Gasteiger partial charge < -0.3 is 15.1 Å². The molecule has 1 aromatic rings. The average Bonchev–Trinajstić information content (AvgIpc) is 2.46. The highest BCUT2D eigenvalue weighted by molar-refractivity contribution is 5.85. The SMILES string of the molecule is CN(C)CC(C(=O)N1C2CNCC1C2)c1ccc(F)cc1. The Kier molecular flexibility index (Phi) is 3.95. The fourth-order valence-electron chi connectivity index (χ4n) is 3.41. The van der Waals surface area contributed by atoms with Crippen molar-refractivity contribution in [3.8, 4) is 0 Å². The summed E-state index contributed by atoms with van der Waals surface area (Å²) in [6.45, 7) is 2.43. The first-order valence-corrected chi connectivity index (χ1v) is 7.49. The van der Waals surface area contributed by atoms with Gasteiger partial charge in [-0.2, -0.15) is 0 Å². The molecule has 0 aliphatic carbocycles. The number of halogens is 1. The van der Waals surface area contributed by atoms with Crippen molar-refractivity contribution in [3.63, 3.8) is 0 Å². The van der Waals surface area contributed by atoms with Crippen molar-refractivity contribution in [2.75, 3.05) is 33.7 Å². The number of amides is 1. The van der Waals surface area contributed by atoms with E-state index in [1.807, 2.05) is 23.9 Å². The number of hydrogen-bond donors (Lipinski definition) is 1. The predicted molar refractivity (Wildman–Crippen MR) is 79.6 cm³/mol. The van der Waals surface area contributed by atoms with Crippen LogP contribution < -0.4 is 5.32 Å². The predicted octanol–water partition coefficient (Wildman–Crippen LogP) is 1.04. The highest BCUT2D eigenvalue weighted by Crippen LogP contribution is 2.32. The van der Waals surface area contributed by atoms with Crippen molar-refractivity contribution in [2.45, 2.75) is 24.4 Å². The summed E-state index contributed by atoms with van der Waals surface area (Å²) in [5, 5.41) is 3.34. The Labute approximate surface area is 124 Å². The van der Waals surface area contributed by atoms with Crippen LogP contribution >= 0.6 is 0 Å².